The Morgan fingerprint density at radius 2 is 2.10 bits per heavy atom. The summed E-state index contributed by atoms with van der Waals surface area (Å²) in [4.78, 5) is 2.35. The van der Waals surface area contributed by atoms with Crippen molar-refractivity contribution in [2.45, 2.75) is 19.4 Å². The summed E-state index contributed by atoms with van der Waals surface area (Å²) >= 11 is 3.72. The fraction of sp³-hybridized carbons (Fsp3) is 0.600. The second kappa shape index (κ2) is 6.33. The van der Waals surface area contributed by atoms with Gasteiger partial charge in [0, 0.05) is 22.6 Å². The number of likely N-dealkylation sites (tertiary alicyclic amines) is 1. The smallest absolute Gasteiger partial charge is 0.166 e. The number of nitrogens with zero attached hydrogens (tertiary/aromatic N) is 1. The third kappa shape index (κ3) is 2.67. The van der Waals surface area contributed by atoms with Crippen molar-refractivity contribution in [1.82, 2.24) is 4.90 Å². The molecule has 112 valence electrons. The van der Waals surface area contributed by atoms with Crippen LogP contribution in [0.2, 0.25) is 0 Å². The molecule has 0 bridgehead atoms. The van der Waals surface area contributed by atoms with Crippen LogP contribution in [0.15, 0.2) is 10.5 Å². The van der Waals surface area contributed by atoms with E-state index in [1.54, 1.807) is 14.2 Å². The number of rotatable bonds is 4. The average Bonchev–Trinajstić information content (AvgIpc) is 2.82. The van der Waals surface area contributed by atoms with E-state index in [2.05, 4.69) is 34.8 Å². The van der Waals surface area contributed by atoms with E-state index in [-0.39, 0.29) is 0 Å². The first kappa shape index (κ1) is 15.6. The van der Waals surface area contributed by atoms with Crippen LogP contribution in [-0.4, -0.2) is 39.3 Å². The zero-order valence-corrected chi connectivity index (χ0v) is 14.2. The number of halogens is 1. The lowest BCUT2D eigenvalue weighted by Crippen LogP contribution is -2.21. The molecule has 0 saturated carbocycles. The standard InChI is InChI=1S/C15H23BrN2O2/c1-9-5-12(19-3)15(20-4)13(14(9)16)11-6-10(7-17)8-18(11)2/h5,10-11H,6-8,17H2,1-4H3. The normalized spacial score (nSPS) is 23.1. The highest BCUT2D eigenvalue weighted by Crippen LogP contribution is 2.47. The van der Waals surface area contributed by atoms with Crippen molar-refractivity contribution in [3.63, 3.8) is 0 Å². The van der Waals surface area contributed by atoms with Gasteiger partial charge < -0.3 is 15.2 Å². The third-order valence-electron chi connectivity index (χ3n) is 4.12. The molecule has 5 heteroatoms. The molecule has 2 rings (SSSR count). The van der Waals surface area contributed by atoms with Gasteiger partial charge in [-0.05, 0) is 44.5 Å². The van der Waals surface area contributed by atoms with E-state index in [0.29, 0.717) is 12.0 Å². The average molecular weight is 343 g/mol. The summed E-state index contributed by atoms with van der Waals surface area (Å²) in [5.74, 6) is 2.14. The molecule has 1 aromatic rings. The second-order valence-electron chi connectivity index (χ2n) is 5.45. The van der Waals surface area contributed by atoms with E-state index in [9.17, 15) is 0 Å². The summed E-state index contributed by atoms with van der Waals surface area (Å²) in [6, 6.07) is 2.31. The van der Waals surface area contributed by atoms with Crippen molar-refractivity contribution in [3.8, 4) is 11.5 Å². The van der Waals surface area contributed by atoms with Gasteiger partial charge in [-0.15, -0.1) is 0 Å². The van der Waals surface area contributed by atoms with Crippen LogP contribution < -0.4 is 15.2 Å². The summed E-state index contributed by atoms with van der Waals surface area (Å²) in [5, 5.41) is 0. The van der Waals surface area contributed by atoms with E-state index in [4.69, 9.17) is 15.2 Å². The molecular formula is C15H23BrN2O2. The first-order chi connectivity index (χ1) is 9.53. The van der Waals surface area contributed by atoms with E-state index >= 15 is 0 Å². The van der Waals surface area contributed by atoms with Crippen LogP contribution in [-0.2, 0) is 0 Å². The van der Waals surface area contributed by atoms with E-state index in [1.807, 2.05) is 6.07 Å². The molecule has 0 amide bonds. The Morgan fingerprint density at radius 1 is 1.40 bits per heavy atom. The van der Waals surface area contributed by atoms with Crippen LogP contribution in [0, 0.1) is 12.8 Å². The molecule has 1 aliphatic rings. The van der Waals surface area contributed by atoms with E-state index in [1.165, 1.54) is 5.56 Å². The fourth-order valence-electron chi connectivity index (χ4n) is 3.04. The summed E-state index contributed by atoms with van der Waals surface area (Å²) in [6.45, 7) is 3.82. The zero-order valence-electron chi connectivity index (χ0n) is 12.6. The minimum Gasteiger partial charge on any atom is -0.493 e. The van der Waals surface area contributed by atoms with Crippen LogP contribution in [0.4, 0.5) is 0 Å². The minimum absolute atomic E-state index is 0.307. The molecule has 2 atom stereocenters. The van der Waals surface area contributed by atoms with Crippen molar-refractivity contribution in [1.29, 1.82) is 0 Å². The lowest BCUT2D eigenvalue weighted by Gasteiger charge is -2.25. The van der Waals surface area contributed by atoms with Crippen molar-refractivity contribution in [3.05, 3.63) is 21.7 Å². The van der Waals surface area contributed by atoms with Crippen LogP contribution in [0.5, 0.6) is 11.5 Å². The highest BCUT2D eigenvalue weighted by atomic mass is 79.9. The molecule has 1 aromatic carbocycles. The number of benzene rings is 1. The maximum atomic E-state index is 5.84. The number of nitrogens with two attached hydrogens (primary N) is 1. The first-order valence-corrected chi connectivity index (χ1v) is 7.64. The van der Waals surface area contributed by atoms with Gasteiger partial charge in [-0.2, -0.15) is 0 Å². The van der Waals surface area contributed by atoms with Gasteiger partial charge >= 0.3 is 0 Å². The Bertz CT molecular complexity index is 493. The Balaban J connectivity index is 2.52. The Morgan fingerprint density at radius 3 is 2.60 bits per heavy atom. The Labute approximate surface area is 129 Å². The quantitative estimate of drug-likeness (QED) is 0.913. The van der Waals surface area contributed by atoms with E-state index < -0.39 is 0 Å². The number of methoxy groups -OCH3 is 2. The summed E-state index contributed by atoms with van der Waals surface area (Å²) in [6.07, 6.45) is 1.05. The van der Waals surface area contributed by atoms with Gasteiger partial charge in [0.15, 0.2) is 11.5 Å². The lowest BCUT2D eigenvalue weighted by atomic mass is 9.97. The van der Waals surface area contributed by atoms with E-state index in [0.717, 1.165) is 41.0 Å². The topological polar surface area (TPSA) is 47.7 Å². The van der Waals surface area contributed by atoms with Gasteiger partial charge in [-0.25, -0.2) is 0 Å². The van der Waals surface area contributed by atoms with Crippen molar-refractivity contribution in [2.75, 3.05) is 34.4 Å². The molecule has 0 aliphatic carbocycles. The van der Waals surface area contributed by atoms with Crippen LogP contribution in [0.3, 0.4) is 0 Å². The molecule has 0 radical (unpaired) electrons. The Hall–Kier alpha value is -0.780. The number of ether oxygens (including phenoxy) is 2. The fourth-order valence-corrected chi connectivity index (χ4v) is 3.60. The number of hydrogen-bond donors (Lipinski definition) is 1. The Kier molecular flexibility index (Phi) is 4.94. The molecule has 1 saturated heterocycles. The largest absolute Gasteiger partial charge is 0.493 e. The highest BCUT2D eigenvalue weighted by molar-refractivity contribution is 9.10. The molecule has 1 fully saturated rings. The van der Waals surface area contributed by atoms with Crippen LogP contribution in [0.25, 0.3) is 0 Å². The maximum Gasteiger partial charge on any atom is 0.166 e. The summed E-state index contributed by atoms with van der Waals surface area (Å²) in [7, 11) is 5.51. The second-order valence-corrected chi connectivity index (χ2v) is 6.24. The van der Waals surface area contributed by atoms with Crippen LogP contribution >= 0.6 is 15.9 Å². The molecular weight excluding hydrogens is 320 g/mol. The summed E-state index contributed by atoms with van der Waals surface area (Å²) < 4.78 is 12.2. The molecule has 4 nitrogen and oxygen atoms in total. The molecule has 2 unspecified atom stereocenters. The van der Waals surface area contributed by atoms with Crippen molar-refractivity contribution < 1.29 is 9.47 Å². The summed E-state index contributed by atoms with van der Waals surface area (Å²) in [5.41, 5.74) is 8.16. The lowest BCUT2D eigenvalue weighted by molar-refractivity contribution is 0.295. The molecule has 0 aromatic heterocycles. The predicted molar refractivity (Wildman–Crippen MR) is 84.5 cm³/mol. The first-order valence-electron chi connectivity index (χ1n) is 6.84. The van der Waals surface area contributed by atoms with Gasteiger partial charge in [0.05, 0.1) is 14.2 Å². The van der Waals surface area contributed by atoms with Crippen LogP contribution in [0.1, 0.15) is 23.6 Å². The zero-order chi connectivity index (χ0) is 14.9. The third-order valence-corrected chi connectivity index (χ3v) is 5.18. The minimum atomic E-state index is 0.307. The maximum absolute atomic E-state index is 5.84. The molecule has 1 heterocycles. The van der Waals surface area contributed by atoms with Gasteiger partial charge in [-0.1, -0.05) is 15.9 Å². The molecule has 0 spiro atoms. The van der Waals surface area contributed by atoms with Gasteiger partial charge in [0.2, 0.25) is 0 Å². The number of hydrogen-bond acceptors (Lipinski definition) is 4. The van der Waals surface area contributed by atoms with Crippen molar-refractivity contribution in [2.24, 2.45) is 11.7 Å². The molecule has 20 heavy (non-hydrogen) atoms. The van der Waals surface area contributed by atoms with Gasteiger partial charge in [-0.3, -0.25) is 4.90 Å². The van der Waals surface area contributed by atoms with Crippen molar-refractivity contribution >= 4 is 15.9 Å². The SMILES string of the molecule is COc1cc(C)c(Br)c(C2CC(CN)CN2C)c1OC. The molecule has 2 N–H and O–H groups in total. The molecule has 1 aliphatic heterocycles. The van der Waals surface area contributed by atoms with Gasteiger partial charge in [0.1, 0.15) is 0 Å². The monoisotopic (exact) mass is 342 g/mol. The highest BCUT2D eigenvalue weighted by Gasteiger charge is 2.34. The van der Waals surface area contributed by atoms with Gasteiger partial charge in [0.25, 0.3) is 0 Å². The number of aryl methyl sites for hydroxylation is 1. The predicted octanol–water partition coefficient (Wildman–Crippen LogP) is 2.73.